The molecule has 1 fully saturated rings. The third kappa shape index (κ3) is 4.02. The third-order valence-electron chi connectivity index (χ3n) is 3.73. The van der Waals surface area contributed by atoms with Gasteiger partial charge in [-0.05, 0) is 57.2 Å². The molecule has 2 heteroatoms. The van der Waals surface area contributed by atoms with Crippen molar-refractivity contribution in [2.45, 2.75) is 58.0 Å². The normalized spacial score (nSPS) is 23.9. The minimum Gasteiger partial charge on any atom is -0.494 e. The minimum absolute atomic E-state index is 0.698. The molecular weight excluding hydrogens is 222 g/mol. The van der Waals surface area contributed by atoms with Crippen LogP contribution in [-0.2, 0) is 6.42 Å². The molecule has 0 aromatic heterocycles. The molecular formula is C16H25NO. The fraction of sp³-hybridized carbons (Fsp3) is 0.625. The molecule has 1 aromatic carbocycles. The van der Waals surface area contributed by atoms with E-state index in [2.05, 4.69) is 36.5 Å². The van der Waals surface area contributed by atoms with E-state index in [4.69, 9.17) is 4.74 Å². The number of benzene rings is 1. The topological polar surface area (TPSA) is 21.3 Å². The average molecular weight is 247 g/mol. The smallest absolute Gasteiger partial charge is 0.119 e. The van der Waals surface area contributed by atoms with Gasteiger partial charge in [-0.15, -0.1) is 0 Å². The third-order valence-corrected chi connectivity index (χ3v) is 3.73. The molecule has 0 amide bonds. The highest BCUT2D eigenvalue weighted by atomic mass is 16.5. The van der Waals surface area contributed by atoms with Crippen molar-refractivity contribution in [3.8, 4) is 5.75 Å². The Labute approximate surface area is 111 Å². The summed E-state index contributed by atoms with van der Waals surface area (Å²) in [7, 11) is 0. The standard InChI is InChI=1S/C16H25NO/c1-3-18-16-11-8-14(9-12-16)7-10-15-6-4-5-13(2)17-15/h8-9,11-13,15,17H,3-7,10H2,1-2H3. The van der Waals surface area contributed by atoms with E-state index in [9.17, 15) is 0 Å². The lowest BCUT2D eigenvalue weighted by Gasteiger charge is -2.28. The summed E-state index contributed by atoms with van der Waals surface area (Å²) < 4.78 is 5.46. The predicted molar refractivity (Wildman–Crippen MR) is 76.2 cm³/mol. The van der Waals surface area contributed by atoms with Gasteiger partial charge in [0.1, 0.15) is 5.75 Å². The van der Waals surface area contributed by atoms with Crippen molar-refractivity contribution in [3.63, 3.8) is 0 Å². The van der Waals surface area contributed by atoms with Crippen LogP contribution in [0.2, 0.25) is 0 Å². The van der Waals surface area contributed by atoms with Crippen LogP contribution in [0.4, 0.5) is 0 Å². The largest absolute Gasteiger partial charge is 0.494 e. The Bertz CT molecular complexity index is 347. The van der Waals surface area contributed by atoms with Crippen LogP contribution >= 0.6 is 0 Å². The molecule has 1 N–H and O–H groups in total. The fourth-order valence-corrected chi connectivity index (χ4v) is 2.73. The van der Waals surface area contributed by atoms with Gasteiger partial charge in [0.25, 0.3) is 0 Å². The molecule has 1 aromatic rings. The minimum atomic E-state index is 0.698. The van der Waals surface area contributed by atoms with Gasteiger partial charge in [0.05, 0.1) is 6.61 Å². The number of ether oxygens (including phenoxy) is 1. The SMILES string of the molecule is CCOc1ccc(CCC2CCCC(C)N2)cc1. The first-order valence-electron chi connectivity index (χ1n) is 7.25. The van der Waals surface area contributed by atoms with Gasteiger partial charge in [0, 0.05) is 12.1 Å². The number of hydrogen-bond donors (Lipinski definition) is 1. The zero-order chi connectivity index (χ0) is 12.8. The molecule has 0 aliphatic carbocycles. The summed E-state index contributed by atoms with van der Waals surface area (Å²) in [4.78, 5) is 0. The summed E-state index contributed by atoms with van der Waals surface area (Å²) in [6.45, 7) is 5.05. The van der Waals surface area contributed by atoms with Gasteiger partial charge in [0.2, 0.25) is 0 Å². The van der Waals surface area contributed by atoms with Crippen molar-refractivity contribution in [1.82, 2.24) is 5.32 Å². The lowest BCUT2D eigenvalue weighted by molar-refractivity contribution is 0.322. The summed E-state index contributed by atoms with van der Waals surface area (Å²) in [6, 6.07) is 9.95. The van der Waals surface area contributed by atoms with E-state index in [1.165, 1.54) is 31.2 Å². The first kappa shape index (κ1) is 13.4. The van der Waals surface area contributed by atoms with Gasteiger partial charge < -0.3 is 10.1 Å². The molecule has 2 rings (SSSR count). The van der Waals surface area contributed by atoms with Crippen LogP contribution in [0, 0.1) is 0 Å². The van der Waals surface area contributed by atoms with Crippen LogP contribution in [0.15, 0.2) is 24.3 Å². The number of hydrogen-bond acceptors (Lipinski definition) is 2. The van der Waals surface area contributed by atoms with Crippen molar-refractivity contribution >= 4 is 0 Å². The molecule has 2 nitrogen and oxygen atoms in total. The van der Waals surface area contributed by atoms with Gasteiger partial charge >= 0.3 is 0 Å². The van der Waals surface area contributed by atoms with Crippen molar-refractivity contribution in [2.75, 3.05) is 6.61 Å². The van der Waals surface area contributed by atoms with Gasteiger partial charge in [-0.2, -0.15) is 0 Å². The maximum atomic E-state index is 5.46. The van der Waals surface area contributed by atoms with Crippen LogP contribution in [0.1, 0.15) is 45.1 Å². The van der Waals surface area contributed by atoms with Crippen molar-refractivity contribution in [3.05, 3.63) is 29.8 Å². The number of aryl methyl sites for hydroxylation is 1. The summed E-state index contributed by atoms with van der Waals surface area (Å²) in [5, 5.41) is 3.69. The predicted octanol–water partition coefficient (Wildman–Crippen LogP) is 3.55. The van der Waals surface area contributed by atoms with E-state index in [1.54, 1.807) is 0 Å². The Morgan fingerprint density at radius 2 is 2.00 bits per heavy atom. The second-order valence-corrected chi connectivity index (χ2v) is 5.31. The van der Waals surface area contributed by atoms with E-state index in [0.29, 0.717) is 12.1 Å². The quantitative estimate of drug-likeness (QED) is 0.859. The van der Waals surface area contributed by atoms with E-state index < -0.39 is 0 Å². The molecule has 2 unspecified atom stereocenters. The van der Waals surface area contributed by atoms with E-state index in [0.717, 1.165) is 18.8 Å². The summed E-state index contributed by atoms with van der Waals surface area (Å²) >= 11 is 0. The van der Waals surface area contributed by atoms with Gasteiger partial charge in [-0.1, -0.05) is 18.6 Å². The number of rotatable bonds is 5. The highest BCUT2D eigenvalue weighted by molar-refractivity contribution is 5.27. The van der Waals surface area contributed by atoms with Crippen LogP contribution in [0.25, 0.3) is 0 Å². The molecule has 1 heterocycles. The Hall–Kier alpha value is -1.02. The molecule has 1 aliphatic rings. The van der Waals surface area contributed by atoms with Crippen LogP contribution in [-0.4, -0.2) is 18.7 Å². The zero-order valence-electron chi connectivity index (χ0n) is 11.6. The van der Waals surface area contributed by atoms with Gasteiger partial charge in [0.15, 0.2) is 0 Å². The lowest BCUT2D eigenvalue weighted by atomic mass is 9.95. The lowest BCUT2D eigenvalue weighted by Crippen LogP contribution is -2.40. The molecule has 0 bridgehead atoms. The molecule has 2 atom stereocenters. The van der Waals surface area contributed by atoms with Crippen LogP contribution in [0.5, 0.6) is 5.75 Å². The summed E-state index contributed by atoms with van der Waals surface area (Å²) in [5.74, 6) is 0.977. The summed E-state index contributed by atoms with van der Waals surface area (Å²) in [6.07, 6.45) is 6.46. The number of nitrogens with one attached hydrogen (secondary N) is 1. The van der Waals surface area contributed by atoms with Gasteiger partial charge in [-0.25, -0.2) is 0 Å². The first-order valence-corrected chi connectivity index (χ1v) is 7.25. The van der Waals surface area contributed by atoms with Crippen molar-refractivity contribution in [2.24, 2.45) is 0 Å². The van der Waals surface area contributed by atoms with E-state index in [1.807, 2.05) is 6.92 Å². The molecule has 0 spiro atoms. The molecule has 100 valence electrons. The zero-order valence-corrected chi connectivity index (χ0v) is 11.6. The first-order chi connectivity index (χ1) is 8.78. The highest BCUT2D eigenvalue weighted by Crippen LogP contribution is 2.18. The molecule has 0 radical (unpaired) electrons. The fourth-order valence-electron chi connectivity index (χ4n) is 2.73. The average Bonchev–Trinajstić information content (AvgIpc) is 2.38. The van der Waals surface area contributed by atoms with Crippen LogP contribution in [0.3, 0.4) is 0 Å². The Balaban J connectivity index is 1.78. The maximum absolute atomic E-state index is 5.46. The highest BCUT2D eigenvalue weighted by Gasteiger charge is 2.17. The maximum Gasteiger partial charge on any atom is 0.119 e. The van der Waals surface area contributed by atoms with Crippen molar-refractivity contribution in [1.29, 1.82) is 0 Å². The van der Waals surface area contributed by atoms with E-state index in [-0.39, 0.29) is 0 Å². The Morgan fingerprint density at radius 3 is 2.67 bits per heavy atom. The summed E-state index contributed by atoms with van der Waals surface area (Å²) in [5.41, 5.74) is 1.42. The second-order valence-electron chi connectivity index (χ2n) is 5.31. The van der Waals surface area contributed by atoms with Crippen LogP contribution < -0.4 is 10.1 Å². The Kier molecular flexibility index (Phi) is 5.06. The molecule has 1 aliphatic heterocycles. The monoisotopic (exact) mass is 247 g/mol. The number of piperidine rings is 1. The van der Waals surface area contributed by atoms with Crippen molar-refractivity contribution < 1.29 is 4.74 Å². The molecule has 1 saturated heterocycles. The van der Waals surface area contributed by atoms with E-state index >= 15 is 0 Å². The Morgan fingerprint density at radius 1 is 1.22 bits per heavy atom. The molecule has 0 saturated carbocycles. The molecule has 18 heavy (non-hydrogen) atoms. The second kappa shape index (κ2) is 6.79. The van der Waals surface area contributed by atoms with Gasteiger partial charge in [-0.3, -0.25) is 0 Å².